The Balaban J connectivity index is 0.00000338. The first kappa shape index (κ1) is 22.2. The van der Waals surface area contributed by atoms with Crippen LogP contribution in [-0.4, -0.2) is 37.3 Å². The summed E-state index contributed by atoms with van der Waals surface area (Å²) in [6.07, 6.45) is 0.823. The van der Waals surface area contributed by atoms with Gasteiger partial charge in [-0.3, -0.25) is 4.99 Å². The third-order valence-electron chi connectivity index (χ3n) is 3.58. The SMILES string of the molecule is CCNC(=NCCOCc1ccccc1)NCCc1cccc(O)c1.I. The van der Waals surface area contributed by atoms with E-state index in [2.05, 4.69) is 27.8 Å². The number of phenols is 1. The molecule has 0 radical (unpaired) electrons. The van der Waals surface area contributed by atoms with Crippen molar-refractivity contribution in [3.8, 4) is 5.75 Å². The van der Waals surface area contributed by atoms with Gasteiger partial charge in [0.25, 0.3) is 0 Å². The van der Waals surface area contributed by atoms with Crippen LogP contribution in [0.5, 0.6) is 5.75 Å². The van der Waals surface area contributed by atoms with Gasteiger partial charge in [0.15, 0.2) is 5.96 Å². The number of phenolic OH excluding ortho intramolecular Hbond substituents is 1. The average Bonchev–Trinajstić information content (AvgIpc) is 2.62. The fraction of sp³-hybridized carbons (Fsp3) is 0.350. The maximum Gasteiger partial charge on any atom is 0.191 e. The summed E-state index contributed by atoms with van der Waals surface area (Å²) in [4.78, 5) is 4.51. The molecule has 5 nitrogen and oxygen atoms in total. The number of rotatable bonds is 9. The van der Waals surface area contributed by atoms with Crippen LogP contribution in [0.1, 0.15) is 18.1 Å². The normalized spacial score (nSPS) is 10.9. The molecule has 0 unspecified atom stereocenters. The molecule has 2 aromatic carbocycles. The number of hydrogen-bond donors (Lipinski definition) is 3. The molecule has 0 saturated heterocycles. The molecule has 0 aliphatic carbocycles. The van der Waals surface area contributed by atoms with E-state index in [4.69, 9.17) is 4.74 Å². The van der Waals surface area contributed by atoms with Crippen LogP contribution in [-0.2, 0) is 17.8 Å². The zero-order valence-corrected chi connectivity index (χ0v) is 17.5. The molecular weight excluding hydrogens is 441 g/mol. The summed E-state index contributed by atoms with van der Waals surface area (Å²) in [5, 5.41) is 16.0. The second-order valence-corrected chi connectivity index (χ2v) is 5.65. The molecule has 142 valence electrons. The predicted molar refractivity (Wildman–Crippen MR) is 117 cm³/mol. The summed E-state index contributed by atoms with van der Waals surface area (Å²) >= 11 is 0. The van der Waals surface area contributed by atoms with Crippen molar-refractivity contribution in [2.24, 2.45) is 4.99 Å². The fourth-order valence-corrected chi connectivity index (χ4v) is 2.37. The monoisotopic (exact) mass is 469 g/mol. The van der Waals surface area contributed by atoms with Gasteiger partial charge in [0.1, 0.15) is 5.75 Å². The number of nitrogens with zero attached hydrogens (tertiary/aromatic N) is 1. The minimum atomic E-state index is 0. The number of aliphatic imine (C=N–C) groups is 1. The molecule has 0 aliphatic rings. The van der Waals surface area contributed by atoms with Crippen LogP contribution in [0.25, 0.3) is 0 Å². The minimum absolute atomic E-state index is 0. The number of guanidine groups is 1. The molecule has 0 atom stereocenters. The van der Waals surface area contributed by atoms with E-state index in [-0.39, 0.29) is 24.0 Å². The molecule has 2 rings (SSSR count). The zero-order valence-electron chi connectivity index (χ0n) is 15.1. The largest absolute Gasteiger partial charge is 0.508 e. The number of hydrogen-bond acceptors (Lipinski definition) is 3. The van der Waals surface area contributed by atoms with Crippen molar-refractivity contribution in [3.05, 3.63) is 65.7 Å². The number of halogens is 1. The van der Waals surface area contributed by atoms with Crippen molar-refractivity contribution in [1.82, 2.24) is 10.6 Å². The second-order valence-electron chi connectivity index (χ2n) is 5.65. The molecular formula is C20H28IN3O2. The first-order chi connectivity index (χ1) is 12.3. The maximum absolute atomic E-state index is 9.48. The van der Waals surface area contributed by atoms with E-state index in [1.165, 1.54) is 5.56 Å². The summed E-state index contributed by atoms with van der Waals surface area (Å²) < 4.78 is 5.64. The van der Waals surface area contributed by atoms with Gasteiger partial charge in [-0.1, -0.05) is 42.5 Å². The molecule has 0 saturated carbocycles. The van der Waals surface area contributed by atoms with E-state index in [0.717, 1.165) is 31.0 Å². The van der Waals surface area contributed by atoms with Crippen LogP contribution in [0, 0.1) is 0 Å². The Morgan fingerprint density at radius 1 is 1.04 bits per heavy atom. The number of benzene rings is 2. The molecule has 3 N–H and O–H groups in total. The van der Waals surface area contributed by atoms with Crippen LogP contribution < -0.4 is 10.6 Å². The van der Waals surface area contributed by atoms with Crippen LogP contribution in [0.15, 0.2) is 59.6 Å². The topological polar surface area (TPSA) is 65.9 Å². The lowest BCUT2D eigenvalue weighted by Gasteiger charge is -2.11. The van der Waals surface area contributed by atoms with E-state index in [9.17, 15) is 5.11 Å². The van der Waals surface area contributed by atoms with E-state index < -0.39 is 0 Å². The molecule has 0 amide bonds. The molecule has 0 fully saturated rings. The van der Waals surface area contributed by atoms with Gasteiger partial charge in [-0.05, 0) is 36.6 Å². The Bertz CT molecular complexity index is 651. The fourth-order valence-electron chi connectivity index (χ4n) is 2.37. The highest BCUT2D eigenvalue weighted by molar-refractivity contribution is 14.0. The zero-order chi connectivity index (χ0) is 17.7. The van der Waals surface area contributed by atoms with Crippen molar-refractivity contribution in [3.63, 3.8) is 0 Å². The Morgan fingerprint density at radius 2 is 1.81 bits per heavy atom. The van der Waals surface area contributed by atoms with Crippen molar-refractivity contribution >= 4 is 29.9 Å². The third kappa shape index (κ3) is 9.05. The molecule has 0 spiro atoms. The van der Waals surface area contributed by atoms with Gasteiger partial charge >= 0.3 is 0 Å². The van der Waals surface area contributed by atoms with Crippen molar-refractivity contribution in [1.29, 1.82) is 0 Å². The van der Waals surface area contributed by atoms with Gasteiger partial charge in [-0.2, -0.15) is 0 Å². The highest BCUT2D eigenvalue weighted by Crippen LogP contribution is 2.10. The van der Waals surface area contributed by atoms with Gasteiger partial charge in [0.05, 0.1) is 19.8 Å². The Kier molecular flexibility index (Phi) is 11.5. The van der Waals surface area contributed by atoms with Gasteiger partial charge < -0.3 is 20.5 Å². The lowest BCUT2D eigenvalue weighted by Crippen LogP contribution is -2.38. The third-order valence-corrected chi connectivity index (χ3v) is 3.58. The van der Waals surface area contributed by atoms with Crippen LogP contribution >= 0.6 is 24.0 Å². The van der Waals surface area contributed by atoms with E-state index >= 15 is 0 Å². The molecule has 6 heteroatoms. The lowest BCUT2D eigenvalue weighted by molar-refractivity contribution is 0.128. The van der Waals surface area contributed by atoms with Crippen LogP contribution in [0.2, 0.25) is 0 Å². The number of ether oxygens (including phenoxy) is 1. The molecule has 0 aromatic heterocycles. The lowest BCUT2D eigenvalue weighted by atomic mass is 10.1. The summed E-state index contributed by atoms with van der Waals surface area (Å²) in [6.45, 7) is 5.39. The Morgan fingerprint density at radius 3 is 2.54 bits per heavy atom. The number of aromatic hydroxyl groups is 1. The summed E-state index contributed by atoms with van der Waals surface area (Å²) in [6, 6.07) is 17.4. The Labute approximate surface area is 172 Å². The first-order valence-electron chi connectivity index (χ1n) is 8.69. The second kappa shape index (κ2) is 13.4. The number of nitrogens with one attached hydrogen (secondary N) is 2. The summed E-state index contributed by atoms with van der Waals surface area (Å²) in [5.74, 6) is 1.08. The van der Waals surface area contributed by atoms with Gasteiger partial charge in [0.2, 0.25) is 0 Å². The smallest absolute Gasteiger partial charge is 0.191 e. The van der Waals surface area contributed by atoms with Crippen LogP contribution in [0.4, 0.5) is 0 Å². The standard InChI is InChI=1S/C20H27N3O2.HI/c1-2-21-20(22-12-11-17-9-6-10-19(24)15-17)23-13-14-25-16-18-7-4-3-5-8-18;/h3-10,15,24H,2,11-14,16H2,1H3,(H2,21,22,23);1H. The van der Waals surface area contributed by atoms with Crippen molar-refractivity contribution in [2.75, 3.05) is 26.2 Å². The molecule has 2 aromatic rings. The van der Waals surface area contributed by atoms with Crippen LogP contribution in [0.3, 0.4) is 0 Å². The van der Waals surface area contributed by atoms with Crippen molar-refractivity contribution in [2.45, 2.75) is 20.0 Å². The average molecular weight is 469 g/mol. The van der Waals surface area contributed by atoms with E-state index in [1.807, 2.05) is 37.3 Å². The molecule has 0 aliphatic heterocycles. The van der Waals surface area contributed by atoms with E-state index in [0.29, 0.717) is 25.5 Å². The molecule has 0 bridgehead atoms. The predicted octanol–water partition coefficient (Wildman–Crippen LogP) is 3.32. The van der Waals surface area contributed by atoms with Gasteiger partial charge in [-0.25, -0.2) is 0 Å². The minimum Gasteiger partial charge on any atom is -0.508 e. The summed E-state index contributed by atoms with van der Waals surface area (Å²) in [7, 11) is 0. The maximum atomic E-state index is 9.48. The van der Waals surface area contributed by atoms with Gasteiger partial charge in [-0.15, -0.1) is 24.0 Å². The molecule has 26 heavy (non-hydrogen) atoms. The summed E-state index contributed by atoms with van der Waals surface area (Å²) in [5.41, 5.74) is 2.26. The quantitative estimate of drug-likeness (QED) is 0.228. The van der Waals surface area contributed by atoms with Gasteiger partial charge in [0, 0.05) is 13.1 Å². The van der Waals surface area contributed by atoms with E-state index in [1.54, 1.807) is 12.1 Å². The highest BCUT2D eigenvalue weighted by Gasteiger charge is 1.99. The highest BCUT2D eigenvalue weighted by atomic mass is 127. The Hall–Kier alpha value is -1.80. The first-order valence-corrected chi connectivity index (χ1v) is 8.69. The van der Waals surface area contributed by atoms with Crippen molar-refractivity contribution < 1.29 is 9.84 Å². The molecule has 0 heterocycles.